The van der Waals surface area contributed by atoms with Gasteiger partial charge < -0.3 is 0 Å². The summed E-state index contributed by atoms with van der Waals surface area (Å²) in [4.78, 5) is 0. The minimum Gasteiger partial charge on any atom is -0.206 e. The molecule has 2 fully saturated rings. The average Bonchev–Trinajstić information content (AvgIpc) is 2.86. The van der Waals surface area contributed by atoms with Crippen LogP contribution in [0.2, 0.25) is 0 Å². The Morgan fingerprint density at radius 3 is 2.21 bits per heavy atom. The fourth-order valence-electron chi connectivity index (χ4n) is 6.01. The normalized spacial score (nSPS) is 23.9. The molecule has 4 unspecified atom stereocenters. The molecule has 0 N–H and O–H groups in total. The molecule has 0 aromatic heterocycles. The molecule has 2 aliphatic carbocycles. The van der Waals surface area contributed by atoms with Gasteiger partial charge in [0.2, 0.25) is 0 Å². The minimum atomic E-state index is -0.541. The number of hydrogen-bond acceptors (Lipinski definition) is 0. The van der Waals surface area contributed by atoms with Crippen molar-refractivity contribution in [3.8, 4) is 11.8 Å². The van der Waals surface area contributed by atoms with E-state index in [0.29, 0.717) is 5.92 Å². The van der Waals surface area contributed by atoms with Gasteiger partial charge in [0, 0.05) is 5.56 Å². The third kappa shape index (κ3) is 6.06. The molecule has 4 rings (SSSR count). The van der Waals surface area contributed by atoms with Gasteiger partial charge in [-0.15, -0.1) is 13.2 Å². The van der Waals surface area contributed by atoms with Crippen LogP contribution in [0.5, 0.6) is 0 Å². The van der Waals surface area contributed by atoms with Crippen LogP contribution in [-0.4, -0.2) is 0 Å². The first kappa shape index (κ1) is 24.5. The van der Waals surface area contributed by atoms with E-state index >= 15 is 0 Å². The fourth-order valence-corrected chi connectivity index (χ4v) is 6.01. The second-order valence-corrected chi connectivity index (χ2v) is 10.2. The number of allylic oxidation sites excluding steroid dienone is 2. The van der Waals surface area contributed by atoms with Gasteiger partial charge in [-0.05, 0) is 117 Å². The first-order valence-corrected chi connectivity index (χ1v) is 12.9. The molecule has 0 radical (unpaired) electrons. The lowest BCUT2D eigenvalue weighted by atomic mass is 9.63. The van der Waals surface area contributed by atoms with Crippen molar-refractivity contribution in [2.75, 3.05) is 0 Å². The average molecular weight is 459 g/mol. The van der Waals surface area contributed by atoms with Crippen molar-refractivity contribution in [1.29, 1.82) is 0 Å². The number of benzene rings is 2. The quantitative estimate of drug-likeness (QED) is 0.287. The van der Waals surface area contributed by atoms with E-state index in [1.54, 1.807) is 0 Å². The summed E-state index contributed by atoms with van der Waals surface area (Å²) >= 11 is 0. The van der Waals surface area contributed by atoms with Crippen molar-refractivity contribution < 1.29 is 8.78 Å². The summed E-state index contributed by atoms with van der Waals surface area (Å²) in [6.07, 6.45) is 15.3. The third-order valence-electron chi connectivity index (χ3n) is 7.96. The van der Waals surface area contributed by atoms with Gasteiger partial charge >= 0.3 is 0 Å². The maximum atomic E-state index is 14.9. The Labute approximate surface area is 204 Å². The van der Waals surface area contributed by atoms with Crippen molar-refractivity contribution in [2.24, 2.45) is 17.8 Å². The highest BCUT2D eigenvalue weighted by Crippen LogP contribution is 2.48. The van der Waals surface area contributed by atoms with Crippen LogP contribution in [0.3, 0.4) is 0 Å². The highest BCUT2D eigenvalue weighted by molar-refractivity contribution is 5.46. The summed E-state index contributed by atoms with van der Waals surface area (Å²) in [6.45, 7) is 7.60. The van der Waals surface area contributed by atoms with E-state index in [-0.39, 0.29) is 11.5 Å². The van der Waals surface area contributed by atoms with Crippen molar-refractivity contribution in [1.82, 2.24) is 0 Å². The molecule has 0 spiro atoms. The molecule has 34 heavy (non-hydrogen) atoms. The lowest BCUT2D eigenvalue weighted by molar-refractivity contribution is 0.115. The summed E-state index contributed by atoms with van der Waals surface area (Å²) < 4.78 is 29.8. The molecule has 0 aliphatic heterocycles. The van der Waals surface area contributed by atoms with Crippen LogP contribution in [0, 0.1) is 41.2 Å². The van der Waals surface area contributed by atoms with Gasteiger partial charge in [0.1, 0.15) is 11.6 Å². The molecular formula is C32H36F2. The standard InChI is InChI=1S/C32H36F2/c1-3-5-7-23-9-11-24(12-10-23)14-18-30-31(33)21-29(22-32(30)34)28-17-16-26-19-25(8-6-4-2)13-15-27(26)20-28/h3-4,9-12,21-22,25-28H,1-2,5-8,13,15-17,19-20H2. The van der Waals surface area contributed by atoms with Gasteiger partial charge in [-0.1, -0.05) is 42.5 Å². The van der Waals surface area contributed by atoms with Gasteiger partial charge in [0.05, 0.1) is 5.56 Å². The Kier molecular flexibility index (Phi) is 8.39. The Bertz CT molecular complexity index is 1030. The van der Waals surface area contributed by atoms with Gasteiger partial charge in [-0.2, -0.15) is 0 Å². The summed E-state index contributed by atoms with van der Waals surface area (Å²) in [5.41, 5.74) is 2.63. The van der Waals surface area contributed by atoms with Crippen molar-refractivity contribution in [2.45, 2.75) is 70.1 Å². The molecule has 0 nitrogen and oxygen atoms in total. The zero-order valence-corrected chi connectivity index (χ0v) is 20.2. The lowest BCUT2D eigenvalue weighted by Gasteiger charge is -2.42. The zero-order valence-electron chi connectivity index (χ0n) is 20.2. The molecule has 0 saturated heterocycles. The second kappa shape index (κ2) is 11.7. The predicted molar refractivity (Wildman–Crippen MR) is 138 cm³/mol. The van der Waals surface area contributed by atoms with E-state index in [9.17, 15) is 8.78 Å². The highest BCUT2D eigenvalue weighted by Gasteiger charge is 2.36. The SMILES string of the molecule is C=CCCc1ccc(C#Cc2c(F)cc(C3CCC4CC(CCC=C)CCC4C3)cc2F)cc1. The maximum Gasteiger partial charge on any atom is 0.142 e. The van der Waals surface area contributed by atoms with Crippen LogP contribution >= 0.6 is 0 Å². The van der Waals surface area contributed by atoms with Crippen LogP contribution in [0.1, 0.15) is 86.0 Å². The van der Waals surface area contributed by atoms with E-state index < -0.39 is 11.6 Å². The molecule has 0 heterocycles. The highest BCUT2D eigenvalue weighted by atomic mass is 19.1. The summed E-state index contributed by atoms with van der Waals surface area (Å²) in [5, 5.41) is 0. The topological polar surface area (TPSA) is 0 Å². The van der Waals surface area contributed by atoms with Gasteiger partial charge in [0.25, 0.3) is 0 Å². The monoisotopic (exact) mass is 458 g/mol. The van der Waals surface area contributed by atoms with Gasteiger partial charge in [0.15, 0.2) is 0 Å². The molecule has 2 aromatic carbocycles. The van der Waals surface area contributed by atoms with E-state index in [1.165, 1.54) is 49.8 Å². The molecule has 4 atom stereocenters. The Hall–Kier alpha value is -2.66. The smallest absolute Gasteiger partial charge is 0.142 e. The van der Waals surface area contributed by atoms with Crippen LogP contribution in [-0.2, 0) is 6.42 Å². The first-order valence-electron chi connectivity index (χ1n) is 12.9. The van der Waals surface area contributed by atoms with Gasteiger partial charge in [-0.3, -0.25) is 0 Å². The molecule has 0 bridgehead atoms. The van der Waals surface area contributed by atoms with Crippen LogP contribution in [0.25, 0.3) is 0 Å². The van der Waals surface area contributed by atoms with Crippen molar-refractivity contribution in [3.05, 3.63) is 95.6 Å². The van der Waals surface area contributed by atoms with E-state index in [0.717, 1.165) is 55.1 Å². The van der Waals surface area contributed by atoms with Crippen molar-refractivity contribution in [3.63, 3.8) is 0 Å². The molecule has 178 valence electrons. The first-order chi connectivity index (χ1) is 16.6. The van der Waals surface area contributed by atoms with E-state index in [4.69, 9.17) is 0 Å². The third-order valence-corrected chi connectivity index (χ3v) is 7.96. The summed E-state index contributed by atoms with van der Waals surface area (Å²) in [5.74, 6) is 7.13. The number of rotatable bonds is 7. The molecule has 2 heteroatoms. The molecule has 2 saturated carbocycles. The Morgan fingerprint density at radius 2 is 1.50 bits per heavy atom. The fraction of sp³-hybridized carbons (Fsp3) is 0.438. The van der Waals surface area contributed by atoms with Gasteiger partial charge in [-0.25, -0.2) is 8.78 Å². The van der Waals surface area contributed by atoms with Crippen LogP contribution in [0.4, 0.5) is 8.78 Å². The summed E-state index contributed by atoms with van der Waals surface area (Å²) in [6, 6.07) is 10.9. The number of hydrogen-bond donors (Lipinski definition) is 0. The largest absolute Gasteiger partial charge is 0.206 e. The number of fused-ring (bicyclic) bond motifs is 1. The Balaban J connectivity index is 1.41. The molecular weight excluding hydrogens is 422 g/mol. The second-order valence-electron chi connectivity index (χ2n) is 10.2. The number of halogens is 2. The number of aryl methyl sites for hydroxylation is 1. The predicted octanol–water partition coefficient (Wildman–Crippen LogP) is 8.75. The minimum absolute atomic E-state index is 0.129. The lowest BCUT2D eigenvalue weighted by Crippen LogP contribution is -2.30. The summed E-state index contributed by atoms with van der Waals surface area (Å²) in [7, 11) is 0. The molecule has 2 aliphatic rings. The molecule has 2 aromatic rings. The van der Waals surface area contributed by atoms with E-state index in [2.05, 4.69) is 25.0 Å². The maximum absolute atomic E-state index is 14.9. The van der Waals surface area contributed by atoms with E-state index in [1.807, 2.05) is 36.4 Å². The molecule has 0 amide bonds. The Morgan fingerprint density at radius 1 is 0.824 bits per heavy atom. The van der Waals surface area contributed by atoms with Crippen LogP contribution in [0.15, 0.2) is 61.7 Å². The van der Waals surface area contributed by atoms with Crippen molar-refractivity contribution >= 4 is 0 Å². The zero-order chi connectivity index (χ0) is 23.9. The van der Waals surface area contributed by atoms with Crippen LogP contribution < -0.4 is 0 Å².